The van der Waals surface area contributed by atoms with Crippen molar-refractivity contribution in [3.63, 3.8) is 0 Å². The van der Waals surface area contributed by atoms with Crippen molar-refractivity contribution in [2.24, 2.45) is 4.99 Å². The summed E-state index contributed by atoms with van der Waals surface area (Å²) in [5, 5.41) is 5.97. The van der Waals surface area contributed by atoms with Gasteiger partial charge in [-0.2, -0.15) is 0 Å². The molecule has 0 aromatic heterocycles. The number of hydrogen-bond acceptors (Lipinski definition) is 3. The minimum atomic E-state index is 0. The highest BCUT2D eigenvalue weighted by atomic mass is 79.9. The number of halogens is 1. The van der Waals surface area contributed by atoms with E-state index in [0.717, 1.165) is 25.6 Å². The number of likely N-dealkylation sites (N-methyl/N-ethyl adjacent to an activating group) is 1. The molecule has 0 bridgehead atoms. The average molecular weight is 320 g/mol. The molecule has 2 aromatic carbocycles. The van der Waals surface area contributed by atoms with Crippen molar-refractivity contribution in [3.8, 4) is 0 Å². The van der Waals surface area contributed by atoms with Crippen molar-refractivity contribution in [1.82, 2.24) is 10.2 Å². The molecule has 100 valence electrons. The van der Waals surface area contributed by atoms with Gasteiger partial charge in [-0.3, -0.25) is 4.99 Å². The Hall–Kier alpha value is -1.55. The third kappa shape index (κ3) is 3.07. The van der Waals surface area contributed by atoms with Crippen LogP contribution < -0.4 is 5.32 Å². The van der Waals surface area contributed by atoms with Gasteiger partial charge in [0.25, 0.3) is 0 Å². The number of fused-ring (bicyclic) bond motifs is 1. The summed E-state index contributed by atoms with van der Waals surface area (Å²) in [5.74, 6) is 1.00. The molecule has 3 rings (SSSR count). The Balaban J connectivity index is 0.00000133. The van der Waals surface area contributed by atoms with Crippen LogP contribution in [0.2, 0.25) is 0 Å². The quantitative estimate of drug-likeness (QED) is 0.921. The number of nitrogens with zero attached hydrogens (tertiary/aromatic N) is 2. The molecule has 0 saturated carbocycles. The molecule has 0 radical (unpaired) electrons. The van der Waals surface area contributed by atoms with Crippen molar-refractivity contribution in [3.05, 3.63) is 48.0 Å². The molecule has 19 heavy (non-hydrogen) atoms. The standard InChI is InChI=1S/C15H17N3.BrH/c1-18-9-8-16-15(18)17-11-12-6-7-13-4-2-3-5-14(13)10-12;/h2-7,10H,8-9,11H2,1H3,(H,16,17);1H. The average Bonchev–Trinajstić information content (AvgIpc) is 2.82. The second kappa shape index (κ2) is 6.06. The van der Waals surface area contributed by atoms with E-state index in [1.165, 1.54) is 16.3 Å². The monoisotopic (exact) mass is 319 g/mol. The van der Waals surface area contributed by atoms with Crippen LogP contribution in [0.5, 0.6) is 0 Å². The van der Waals surface area contributed by atoms with Crippen LogP contribution in [0.25, 0.3) is 10.8 Å². The van der Waals surface area contributed by atoms with Crippen LogP contribution in [0.1, 0.15) is 5.56 Å². The highest BCUT2D eigenvalue weighted by molar-refractivity contribution is 8.93. The molecule has 1 N–H and O–H groups in total. The number of hydrogen-bond donors (Lipinski definition) is 1. The van der Waals surface area contributed by atoms with E-state index in [2.05, 4.69) is 64.7 Å². The van der Waals surface area contributed by atoms with E-state index in [1.54, 1.807) is 0 Å². The minimum absolute atomic E-state index is 0. The van der Waals surface area contributed by atoms with E-state index >= 15 is 0 Å². The molecule has 2 aromatic rings. The molecule has 0 aliphatic carbocycles. The molecule has 0 unspecified atom stereocenters. The second-order valence-electron chi connectivity index (χ2n) is 4.66. The van der Waals surface area contributed by atoms with Gasteiger partial charge in [0.1, 0.15) is 0 Å². The Bertz CT molecular complexity index is 595. The van der Waals surface area contributed by atoms with Crippen molar-refractivity contribution in [2.45, 2.75) is 6.54 Å². The van der Waals surface area contributed by atoms with E-state index < -0.39 is 0 Å². The van der Waals surface area contributed by atoms with Crippen LogP contribution >= 0.6 is 17.0 Å². The van der Waals surface area contributed by atoms with Crippen LogP contribution in [-0.4, -0.2) is 31.0 Å². The molecule has 3 nitrogen and oxygen atoms in total. The summed E-state index contributed by atoms with van der Waals surface area (Å²) in [7, 11) is 2.07. The zero-order chi connectivity index (χ0) is 12.4. The van der Waals surface area contributed by atoms with Gasteiger partial charge in [0.05, 0.1) is 6.54 Å². The fourth-order valence-electron chi connectivity index (χ4n) is 2.25. The maximum absolute atomic E-state index is 4.43. The number of aliphatic imine (C=N–C) groups is 1. The van der Waals surface area contributed by atoms with Gasteiger partial charge in [-0.25, -0.2) is 0 Å². The second-order valence-corrected chi connectivity index (χ2v) is 4.66. The lowest BCUT2D eigenvalue weighted by Gasteiger charge is -2.15. The molecule has 1 aliphatic heterocycles. The summed E-state index contributed by atoms with van der Waals surface area (Å²) in [6.07, 6.45) is 0. The number of guanidine groups is 1. The maximum Gasteiger partial charge on any atom is 0.194 e. The van der Waals surface area contributed by atoms with Crippen LogP contribution in [0.4, 0.5) is 0 Å². The first-order valence-electron chi connectivity index (χ1n) is 6.30. The number of rotatable bonds is 2. The van der Waals surface area contributed by atoms with E-state index in [1.807, 2.05) is 0 Å². The Morgan fingerprint density at radius 3 is 2.68 bits per heavy atom. The molecular formula is C15H18BrN3. The van der Waals surface area contributed by atoms with Crippen LogP contribution in [0.15, 0.2) is 47.5 Å². The molecule has 1 aliphatic rings. The minimum Gasteiger partial charge on any atom is -0.352 e. The van der Waals surface area contributed by atoms with E-state index in [0.29, 0.717) is 0 Å². The van der Waals surface area contributed by atoms with Gasteiger partial charge < -0.3 is 10.2 Å². The summed E-state index contributed by atoms with van der Waals surface area (Å²) in [4.78, 5) is 6.58. The van der Waals surface area contributed by atoms with Crippen molar-refractivity contribution in [2.75, 3.05) is 20.1 Å². The molecule has 0 atom stereocenters. The highest BCUT2D eigenvalue weighted by Crippen LogP contribution is 2.15. The zero-order valence-electron chi connectivity index (χ0n) is 11.0. The highest BCUT2D eigenvalue weighted by Gasteiger charge is 2.11. The lowest BCUT2D eigenvalue weighted by atomic mass is 10.1. The normalized spacial score (nSPS) is 14.2. The smallest absolute Gasteiger partial charge is 0.194 e. The predicted octanol–water partition coefficient (Wildman–Crippen LogP) is 2.81. The van der Waals surface area contributed by atoms with E-state index in [-0.39, 0.29) is 17.0 Å². The summed E-state index contributed by atoms with van der Waals surface area (Å²) in [6.45, 7) is 2.74. The first-order valence-corrected chi connectivity index (χ1v) is 6.30. The number of nitrogens with one attached hydrogen (secondary N) is 1. The summed E-state index contributed by atoms with van der Waals surface area (Å²) in [5.41, 5.74) is 1.29. The summed E-state index contributed by atoms with van der Waals surface area (Å²) >= 11 is 0. The first-order chi connectivity index (χ1) is 8.83. The first kappa shape index (κ1) is 13.9. The fourth-order valence-corrected chi connectivity index (χ4v) is 2.25. The lowest BCUT2D eigenvalue weighted by molar-refractivity contribution is 0.534. The van der Waals surface area contributed by atoms with Gasteiger partial charge in [-0.15, -0.1) is 17.0 Å². The molecule has 0 amide bonds. The molecule has 0 fully saturated rings. The van der Waals surface area contributed by atoms with E-state index in [4.69, 9.17) is 0 Å². The largest absolute Gasteiger partial charge is 0.352 e. The molecule has 1 heterocycles. The zero-order valence-corrected chi connectivity index (χ0v) is 12.7. The van der Waals surface area contributed by atoms with Crippen molar-refractivity contribution < 1.29 is 0 Å². The van der Waals surface area contributed by atoms with E-state index in [9.17, 15) is 0 Å². The Morgan fingerprint density at radius 2 is 1.95 bits per heavy atom. The topological polar surface area (TPSA) is 27.6 Å². The summed E-state index contributed by atoms with van der Waals surface area (Å²) in [6, 6.07) is 15.0. The molecule has 4 heteroatoms. The van der Waals surface area contributed by atoms with Gasteiger partial charge in [0.15, 0.2) is 5.96 Å². The SMILES string of the molecule is Br.CN1CCN=C1NCc1ccc2ccccc2c1. The third-order valence-corrected chi connectivity index (χ3v) is 3.32. The van der Waals surface area contributed by atoms with Crippen LogP contribution in [0.3, 0.4) is 0 Å². The Labute approximate surface area is 124 Å². The Kier molecular flexibility index (Phi) is 4.43. The lowest BCUT2D eigenvalue weighted by Crippen LogP contribution is -2.35. The fraction of sp³-hybridized carbons (Fsp3) is 0.267. The number of benzene rings is 2. The maximum atomic E-state index is 4.43. The molecular weight excluding hydrogens is 302 g/mol. The summed E-state index contributed by atoms with van der Waals surface area (Å²) < 4.78 is 0. The van der Waals surface area contributed by atoms with Gasteiger partial charge >= 0.3 is 0 Å². The van der Waals surface area contributed by atoms with Crippen molar-refractivity contribution >= 4 is 33.7 Å². The van der Waals surface area contributed by atoms with Crippen molar-refractivity contribution in [1.29, 1.82) is 0 Å². The Morgan fingerprint density at radius 1 is 1.16 bits per heavy atom. The third-order valence-electron chi connectivity index (χ3n) is 3.32. The van der Waals surface area contributed by atoms with Gasteiger partial charge in [0, 0.05) is 20.1 Å². The van der Waals surface area contributed by atoms with Crippen LogP contribution in [0, 0.1) is 0 Å². The van der Waals surface area contributed by atoms with Gasteiger partial charge in [-0.1, -0.05) is 36.4 Å². The molecule has 0 spiro atoms. The van der Waals surface area contributed by atoms with Gasteiger partial charge in [-0.05, 0) is 22.4 Å². The predicted molar refractivity (Wildman–Crippen MR) is 86.0 cm³/mol. The molecule has 0 saturated heterocycles. The van der Waals surface area contributed by atoms with Gasteiger partial charge in [0.2, 0.25) is 0 Å². The van der Waals surface area contributed by atoms with Crippen LogP contribution in [-0.2, 0) is 6.54 Å².